The van der Waals surface area contributed by atoms with Gasteiger partial charge in [-0.15, -0.1) is 11.3 Å². The summed E-state index contributed by atoms with van der Waals surface area (Å²) in [6, 6.07) is 0.574. The molecule has 2 heterocycles. The van der Waals surface area contributed by atoms with Gasteiger partial charge in [-0.05, 0) is 33.3 Å². The number of carbonyl (C=O) groups is 1. The minimum Gasteiger partial charge on any atom is -0.395 e. The first-order chi connectivity index (χ1) is 9.45. The predicted molar refractivity (Wildman–Crippen MR) is 82.4 cm³/mol. The van der Waals surface area contributed by atoms with E-state index in [1.807, 2.05) is 17.2 Å². The third-order valence-electron chi connectivity index (χ3n) is 4.26. The number of aryl methyl sites for hydroxylation is 1. The molecule has 1 aromatic rings. The fourth-order valence-electron chi connectivity index (χ4n) is 2.97. The van der Waals surface area contributed by atoms with Crippen molar-refractivity contribution < 1.29 is 9.90 Å². The number of amides is 1. The van der Waals surface area contributed by atoms with Crippen LogP contribution in [0.1, 0.15) is 34.6 Å². The van der Waals surface area contributed by atoms with E-state index in [2.05, 4.69) is 25.7 Å². The lowest BCUT2D eigenvalue weighted by molar-refractivity contribution is 0.0236. The standard InChI is InChI=1S/C15H24N2O2S/c1-10-7-16(8-11(2)17(10)5-6-18)15(19)14-9-20-13(4)12(14)3/h9-11,18H,5-8H2,1-4H3/t10-,11+. The maximum atomic E-state index is 12.7. The molecule has 2 atom stereocenters. The van der Waals surface area contributed by atoms with Gasteiger partial charge in [0.25, 0.3) is 5.91 Å². The first-order valence-corrected chi connectivity index (χ1v) is 8.04. The number of nitrogens with zero attached hydrogens (tertiary/aromatic N) is 2. The number of piperazine rings is 1. The lowest BCUT2D eigenvalue weighted by Crippen LogP contribution is -2.58. The zero-order valence-electron chi connectivity index (χ0n) is 12.7. The van der Waals surface area contributed by atoms with Crippen molar-refractivity contribution in [3.8, 4) is 0 Å². The Morgan fingerprint density at radius 1 is 1.35 bits per heavy atom. The Bertz CT molecular complexity index is 474. The third-order valence-corrected chi connectivity index (χ3v) is 5.28. The van der Waals surface area contributed by atoms with Crippen LogP contribution < -0.4 is 0 Å². The van der Waals surface area contributed by atoms with Crippen molar-refractivity contribution in [3.63, 3.8) is 0 Å². The molecule has 1 aliphatic rings. The smallest absolute Gasteiger partial charge is 0.255 e. The second-order valence-corrected chi connectivity index (χ2v) is 6.78. The average molecular weight is 296 g/mol. The lowest BCUT2D eigenvalue weighted by Gasteiger charge is -2.44. The predicted octanol–water partition coefficient (Wildman–Crippen LogP) is 1.89. The highest BCUT2D eigenvalue weighted by Crippen LogP contribution is 2.24. The minimum atomic E-state index is 0.147. The molecule has 1 aromatic heterocycles. The first kappa shape index (κ1) is 15.5. The Morgan fingerprint density at radius 3 is 2.40 bits per heavy atom. The molecular weight excluding hydrogens is 272 g/mol. The maximum Gasteiger partial charge on any atom is 0.255 e. The van der Waals surface area contributed by atoms with Gasteiger partial charge in [0.05, 0.1) is 12.2 Å². The van der Waals surface area contributed by atoms with Crippen molar-refractivity contribution in [2.75, 3.05) is 26.2 Å². The van der Waals surface area contributed by atoms with Gasteiger partial charge >= 0.3 is 0 Å². The van der Waals surface area contributed by atoms with Crippen LogP contribution in [0.5, 0.6) is 0 Å². The molecule has 0 aromatic carbocycles. The van der Waals surface area contributed by atoms with Crippen molar-refractivity contribution in [1.82, 2.24) is 9.80 Å². The first-order valence-electron chi connectivity index (χ1n) is 7.16. The Kier molecular flexibility index (Phi) is 4.83. The Balaban J connectivity index is 2.11. The molecule has 2 rings (SSSR count). The van der Waals surface area contributed by atoms with E-state index in [-0.39, 0.29) is 24.6 Å². The average Bonchev–Trinajstić information content (AvgIpc) is 2.73. The molecule has 0 saturated carbocycles. The minimum absolute atomic E-state index is 0.147. The van der Waals surface area contributed by atoms with Gasteiger partial charge in [-0.2, -0.15) is 0 Å². The van der Waals surface area contributed by atoms with Crippen LogP contribution in [0.4, 0.5) is 0 Å². The molecule has 1 saturated heterocycles. The van der Waals surface area contributed by atoms with E-state index < -0.39 is 0 Å². The number of aliphatic hydroxyl groups excluding tert-OH is 1. The molecular formula is C15H24N2O2S. The number of hydrogen-bond acceptors (Lipinski definition) is 4. The van der Waals surface area contributed by atoms with Gasteiger partial charge in [0, 0.05) is 42.0 Å². The van der Waals surface area contributed by atoms with E-state index in [0.29, 0.717) is 6.54 Å². The maximum absolute atomic E-state index is 12.7. The molecule has 0 bridgehead atoms. The van der Waals surface area contributed by atoms with Crippen LogP contribution in [0, 0.1) is 13.8 Å². The van der Waals surface area contributed by atoms with Crippen LogP contribution in [0.15, 0.2) is 5.38 Å². The molecule has 1 N–H and O–H groups in total. The number of rotatable bonds is 3. The molecule has 0 aliphatic carbocycles. The van der Waals surface area contributed by atoms with Crippen LogP contribution in [0.2, 0.25) is 0 Å². The second-order valence-electron chi connectivity index (χ2n) is 5.70. The summed E-state index contributed by atoms with van der Waals surface area (Å²) in [5.74, 6) is 0.147. The highest BCUT2D eigenvalue weighted by molar-refractivity contribution is 7.10. The molecule has 0 spiro atoms. The number of β-amino-alcohol motifs (C(OH)–C–C–N with tert-alkyl or cyclic N) is 1. The number of hydrogen-bond donors (Lipinski definition) is 1. The van der Waals surface area contributed by atoms with Gasteiger partial charge < -0.3 is 10.0 Å². The van der Waals surface area contributed by atoms with E-state index in [1.165, 1.54) is 4.88 Å². The number of thiophene rings is 1. The summed E-state index contributed by atoms with van der Waals surface area (Å²) in [6.07, 6.45) is 0. The number of carbonyl (C=O) groups excluding carboxylic acids is 1. The van der Waals surface area contributed by atoms with E-state index in [9.17, 15) is 4.79 Å². The van der Waals surface area contributed by atoms with Gasteiger partial charge in [-0.25, -0.2) is 0 Å². The fraction of sp³-hybridized carbons (Fsp3) is 0.667. The monoisotopic (exact) mass is 296 g/mol. The summed E-state index contributed by atoms with van der Waals surface area (Å²) in [5.41, 5.74) is 1.96. The zero-order chi connectivity index (χ0) is 14.9. The molecule has 112 valence electrons. The van der Waals surface area contributed by atoms with Gasteiger partial charge in [0.2, 0.25) is 0 Å². The van der Waals surface area contributed by atoms with Crippen LogP contribution in [-0.2, 0) is 0 Å². The van der Waals surface area contributed by atoms with Crippen LogP contribution >= 0.6 is 11.3 Å². The number of aliphatic hydroxyl groups is 1. The van der Waals surface area contributed by atoms with E-state index in [4.69, 9.17) is 5.11 Å². The highest BCUT2D eigenvalue weighted by Gasteiger charge is 2.32. The quantitative estimate of drug-likeness (QED) is 0.926. The molecule has 1 amide bonds. The molecule has 0 radical (unpaired) electrons. The SMILES string of the molecule is Cc1scc(C(=O)N2C[C@@H](C)N(CCO)[C@@H](C)C2)c1C. The van der Waals surface area contributed by atoms with Crippen LogP contribution in [-0.4, -0.2) is 59.1 Å². The second kappa shape index (κ2) is 6.24. The van der Waals surface area contributed by atoms with Gasteiger partial charge in [-0.3, -0.25) is 9.69 Å². The third kappa shape index (κ3) is 2.90. The van der Waals surface area contributed by atoms with E-state index in [1.54, 1.807) is 11.3 Å². The zero-order valence-corrected chi connectivity index (χ0v) is 13.5. The summed E-state index contributed by atoms with van der Waals surface area (Å²) < 4.78 is 0. The largest absolute Gasteiger partial charge is 0.395 e. The van der Waals surface area contributed by atoms with Crippen molar-refractivity contribution in [2.24, 2.45) is 0 Å². The van der Waals surface area contributed by atoms with Gasteiger partial charge in [0.1, 0.15) is 0 Å². The lowest BCUT2D eigenvalue weighted by atomic mass is 10.1. The van der Waals surface area contributed by atoms with E-state index in [0.717, 1.165) is 24.2 Å². The van der Waals surface area contributed by atoms with Crippen molar-refractivity contribution in [3.05, 3.63) is 21.4 Å². The summed E-state index contributed by atoms with van der Waals surface area (Å²) in [4.78, 5) is 18.1. The molecule has 1 fully saturated rings. The molecule has 1 aliphatic heterocycles. The summed E-state index contributed by atoms with van der Waals surface area (Å²) in [6.45, 7) is 10.6. The summed E-state index contributed by atoms with van der Waals surface area (Å²) in [7, 11) is 0. The van der Waals surface area contributed by atoms with Crippen LogP contribution in [0.25, 0.3) is 0 Å². The Labute approximate surface area is 125 Å². The van der Waals surface area contributed by atoms with E-state index >= 15 is 0 Å². The summed E-state index contributed by atoms with van der Waals surface area (Å²) in [5, 5.41) is 11.1. The molecule has 4 nitrogen and oxygen atoms in total. The van der Waals surface area contributed by atoms with Crippen molar-refractivity contribution in [2.45, 2.75) is 39.8 Å². The normalized spacial score (nSPS) is 24.1. The fourth-order valence-corrected chi connectivity index (χ4v) is 3.83. The Morgan fingerprint density at radius 2 is 1.95 bits per heavy atom. The topological polar surface area (TPSA) is 43.8 Å². The highest BCUT2D eigenvalue weighted by atomic mass is 32.1. The molecule has 20 heavy (non-hydrogen) atoms. The van der Waals surface area contributed by atoms with Crippen LogP contribution in [0.3, 0.4) is 0 Å². The summed E-state index contributed by atoms with van der Waals surface area (Å²) >= 11 is 1.64. The molecule has 0 unspecified atom stereocenters. The van der Waals surface area contributed by atoms with Gasteiger partial charge in [0.15, 0.2) is 0 Å². The van der Waals surface area contributed by atoms with Gasteiger partial charge in [-0.1, -0.05) is 0 Å². The Hall–Kier alpha value is -0.910. The molecule has 5 heteroatoms. The van der Waals surface area contributed by atoms with Crippen molar-refractivity contribution in [1.29, 1.82) is 0 Å². The van der Waals surface area contributed by atoms with Crippen molar-refractivity contribution >= 4 is 17.2 Å².